The second-order valence-electron chi connectivity index (χ2n) is 9.69. The van der Waals surface area contributed by atoms with Crippen molar-refractivity contribution in [1.82, 2.24) is 9.97 Å². The Labute approximate surface area is 198 Å². The largest absolute Gasteiger partial charge is 0.390 e. The summed E-state index contributed by atoms with van der Waals surface area (Å²) in [6.45, 7) is 7.44. The van der Waals surface area contributed by atoms with E-state index in [1.54, 1.807) is 13.8 Å². The number of ether oxygens (including phenoxy) is 1. The normalized spacial score (nSPS) is 18.5. The van der Waals surface area contributed by atoms with Crippen LogP contribution in [0.2, 0.25) is 0 Å². The number of nitrogens with two attached hydrogens (primary N) is 1. The molecule has 2 aliphatic carbocycles. The van der Waals surface area contributed by atoms with E-state index in [0.717, 1.165) is 71.6 Å². The minimum absolute atomic E-state index is 0.0613. The first-order chi connectivity index (χ1) is 15.4. The Kier molecular flexibility index (Phi) is 6.15. The number of pyridine rings is 1. The average Bonchev–Trinajstić information content (AvgIpc) is 3.45. The van der Waals surface area contributed by atoms with Crippen LogP contribution in [-0.2, 0) is 51.5 Å². The molecule has 2 heterocycles. The highest BCUT2D eigenvalue weighted by Gasteiger charge is 2.36. The van der Waals surface area contributed by atoms with Gasteiger partial charge in [-0.25, -0.2) is 19.1 Å². The van der Waals surface area contributed by atoms with E-state index in [1.807, 2.05) is 0 Å². The maximum absolute atomic E-state index is 13.3. The highest BCUT2D eigenvalue weighted by atomic mass is 32.2. The lowest BCUT2D eigenvalue weighted by molar-refractivity contribution is 0.0188. The van der Waals surface area contributed by atoms with Gasteiger partial charge in [0.1, 0.15) is 14.8 Å². The van der Waals surface area contributed by atoms with Gasteiger partial charge in [0.25, 0.3) is 0 Å². The molecule has 0 aromatic carbocycles. The van der Waals surface area contributed by atoms with E-state index in [-0.39, 0.29) is 15.3 Å². The summed E-state index contributed by atoms with van der Waals surface area (Å²) >= 11 is 1.03. The first kappa shape index (κ1) is 24.2. The topological polar surface area (TPSA) is 140 Å². The number of fused-ring (bicyclic) bond motifs is 2. The average molecular weight is 494 g/mol. The number of hydrogen-bond acceptors (Lipinski definition) is 7. The maximum atomic E-state index is 13.3. The molecule has 2 aromatic rings. The number of urea groups is 1. The Morgan fingerprint density at radius 2 is 2.03 bits per heavy atom. The summed E-state index contributed by atoms with van der Waals surface area (Å²) in [7, 11) is -2.10. The zero-order valence-corrected chi connectivity index (χ0v) is 21.3. The number of nitrogens with one attached hydrogen (secondary N) is 1. The number of aryl methyl sites for hydroxylation is 1. The van der Waals surface area contributed by atoms with Gasteiger partial charge in [-0.15, -0.1) is 15.7 Å². The number of anilines is 1. The minimum atomic E-state index is -3.63. The lowest BCUT2D eigenvalue weighted by Gasteiger charge is -2.20. The summed E-state index contributed by atoms with van der Waals surface area (Å²) in [6, 6.07) is -0.778. The Bertz CT molecular complexity index is 1240. The van der Waals surface area contributed by atoms with Gasteiger partial charge >= 0.3 is 6.03 Å². The highest BCUT2D eigenvalue weighted by molar-refractivity contribution is 7.93. The number of aliphatic hydroxyl groups excluding tert-OH is 1. The van der Waals surface area contributed by atoms with Crippen LogP contribution in [0.3, 0.4) is 0 Å². The molecule has 0 fully saturated rings. The molecule has 9 nitrogen and oxygen atoms in total. The second kappa shape index (κ2) is 8.38. The summed E-state index contributed by atoms with van der Waals surface area (Å²) in [6.07, 6.45) is 4.46. The molecular formula is C22H31N5O4S2. The second-order valence-corrected chi connectivity index (χ2v) is 12.7. The molecule has 0 bridgehead atoms. The number of amides is 2. The van der Waals surface area contributed by atoms with E-state index < -0.39 is 28.2 Å². The van der Waals surface area contributed by atoms with Crippen molar-refractivity contribution in [2.45, 2.75) is 81.6 Å². The lowest BCUT2D eigenvalue weighted by Crippen LogP contribution is -2.20. The summed E-state index contributed by atoms with van der Waals surface area (Å²) in [5, 5.41) is 19.2. The molecule has 2 aromatic heterocycles. The van der Waals surface area contributed by atoms with E-state index in [9.17, 15) is 14.1 Å². The van der Waals surface area contributed by atoms with Crippen molar-refractivity contribution in [3.63, 3.8) is 0 Å². The zero-order valence-electron chi connectivity index (χ0n) is 19.7. The van der Waals surface area contributed by atoms with E-state index >= 15 is 0 Å². The summed E-state index contributed by atoms with van der Waals surface area (Å²) in [4.78, 5) is 22.2. The SMILES string of the molecule is COC(C)(C)c1nc(CO)c([S@](N)(=O)=NC(=O)Nc2c3c(nc4c2CCC4(C)C)CCC3)s1. The van der Waals surface area contributed by atoms with Crippen LogP contribution < -0.4 is 10.5 Å². The Balaban J connectivity index is 1.72. The van der Waals surface area contributed by atoms with Crippen LogP contribution in [-0.4, -0.2) is 32.4 Å². The van der Waals surface area contributed by atoms with Gasteiger partial charge in [0.15, 0.2) is 9.92 Å². The van der Waals surface area contributed by atoms with Crippen molar-refractivity contribution in [2.24, 2.45) is 9.50 Å². The van der Waals surface area contributed by atoms with Crippen molar-refractivity contribution < 1.29 is 18.8 Å². The fourth-order valence-electron chi connectivity index (χ4n) is 4.44. The standard InChI is InChI=1S/C22H31N5O4S2/c1-21(2)10-9-13-16(12-7-6-8-14(12)24-17(13)21)26-20(29)27-33(23,30)18-15(11-28)25-19(32-18)22(3,4)31-5/h28H,6-11H2,1-5H3,(H3,23,24,26,27,29,30)/t33-/m1/s1. The maximum Gasteiger partial charge on any atom is 0.354 e. The molecule has 0 saturated heterocycles. The van der Waals surface area contributed by atoms with Crippen molar-refractivity contribution in [3.05, 3.63) is 33.2 Å². The number of carbonyl (C=O) groups is 1. The van der Waals surface area contributed by atoms with Crippen LogP contribution in [0, 0.1) is 0 Å². The van der Waals surface area contributed by atoms with Crippen LogP contribution in [0.1, 0.15) is 73.8 Å². The molecule has 4 rings (SSSR count). The Hall–Kier alpha value is -1.92. The lowest BCUT2D eigenvalue weighted by atomic mass is 9.90. The fourth-order valence-corrected chi connectivity index (χ4v) is 6.98. The number of thiazole rings is 1. The van der Waals surface area contributed by atoms with Crippen molar-refractivity contribution in [1.29, 1.82) is 0 Å². The number of methoxy groups -OCH3 is 1. The number of rotatable bonds is 5. The molecular weight excluding hydrogens is 462 g/mol. The van der Waals surface area contributed by atoms with E-state index in [4.69, 9.17) is 14.9 Å². The van der Waals surface area contributed by atoms with Crippen LogP contribution >= 0.6 is 11.3 Å². The van der Waals surface area contributed by atoms with E-state index in [0.29, 0.717) is 5.01 Å². The van der Waals surface area contributed by atoms with Gasteiger partial charge in [0.2, 0.25) is 0 Å². The van der Waals surface area contributed by atoms with Crippen LogP contribution in [0.5, 0.6) is 0 Å². The van der Waals surface area contributed by atoms with Gasteiger partial charge in [-0.3, -0.25) is 4.98 Å². The Morgan fingerprint density at radius 1 is 1.30 bits per heavy atom. The van der Waals surface area contributed by atoms with Gasteiger partial charge in [0.05, 0.1) is 23.7 Å². The van der Waals surface area contributed by atoms with Crippen LogP contribution in [0.15, 0.2) is 8.57 Å². The number of hydrogen-bond donors (Lipinski definition) is 3. The summed E-state index contributed by atoms with van der Waals surface area (Å²) in [5.41, 5.74) is 4.16. The molecule has 2 aliphatic rings. The molecule has 2 amide bonds. The molecule has 0 unspecified atom stereocenters. The quantitative estimate of drug-likeness (QED) is 0.582. The van der Waals surface area contributed by atoms with Crippen LogP contribution in [0.4, 0.5) is 10.5 Å². The molecule has 0 radical (unpaired) electrons. The van der Waals surface area contributed by atoms with E-state index in [1.165, 1.54) is 7.11 Å². The van der Waals surface area contributed by atoms with Gasteiger partial charge in [-0.2, -0.15) is 0 Å². The molecule has 180 valence electrons. The minimum Gasteiger partial charge on any atom is -0.390 e. The third-order valence-electron chi connectivity index (χ3n) is 6.52. The third-order valence-corrected chi connectivity index (χ3v) is 9.89. The summed E-state index contributed by atoms with van der Waals surface area (Å²) < 4.78 is 22.7. The Morgan fingerprint density at radius 3 is 2.70 bits per heavy atom. The predicted molar refractivity (Wildman–Crippen MR) is 128 cm³/mol. The predicted octanol–water partition coefficient (Wildman–Crippen LogP) is 3.56. The van der Waals surface area contributed by atoms with Crippen molar-refractivity contribution >= 4 is 33.0 Å². The van der Waals surface area contributed by atoms with E-state index in [2.05, 4.69) is 28.5 Å². The third kappa shape index (κ3) is 4.32. The molecule has 0 saturated carbocycles. The highest BCUT2D eigenvalue weighted by Crippen LogP contribution is 2.44. The molecule has 4 N–H and O–H groups in total. The monoisotopic (exact) mass is 493 g/mol. The van der Waals surface area contributed by atoms with Gasteiger partial charge in [0, 0.05) is 18.2 Å². The van der Waals surface area contributed by atoms with Crippen molar-refractivity contribution in [3.8, 4) is 0 Å². The fraction of sp³-hybridized carbons (Fsp3) is 0.591. The zero-order chi connectivity index (χ0) is 24.2. The number of aromatic nitrogens is 2. The number of aliphatic hydroxyl groups is 1. The van der Waals surface area contributed by atoms with Gasteiger partial charge < -0.3 is 15.2 Å². The van der Waals surface area contributed by atoms with Crippen LogP contribution in [0.25, 0.3) is 0 Å². The summed E-state index contributed by atoms with van der Waals surface area (Å²) in [5.74, 6) is 0. The molecule has 0 aliphatic heterocycles. The molecule has 11 heteroatoms. The number of nitrogens with zero attached hydrogens (tertiary/aromatic N) is 3. The first-order valence-corrected chi connectivity index (χ1v) is 13.4. The number of carbonyl (C=O) groups excluding carboxylic acids is 1. The first-order valence-electron chi connectivity index (χ1n) is 11.0. The molecule has 33 heavy (non-hydrogen) atoms. The van der Waals surface area contributed by atoms with Gasteiger partial charge in [-0.05, 0) is 57.1 Å². The smallest absolute Gasteiger partial charge is 0.354 e. The molecule has 0 spiro atoms. The van der Waals surface area contributed by atoms with Crippen molar-refractivity contribution in [2.75, 3.05) is 12.4 Å². The molecule has 1 atom stereocenters. The van der Waals surface area contributed by atoms with Gasteiger partial charge in [-0.1, -0.05) is 13.8 Å².